The molecule has 30 heavy (non-hydrogen) atoms. The number of hydrogen-bond acceptors (Lipinski definition) is 3. The van der Waals surface area contributed by atoms with Gasteiger partial charge in [-0.15, -0.1) is 0 Å². The fraction of sp³-hybridized carbons (Fsp3) is 0.400. The second kappa shape index (κ2) is 8.52. The van der Waals surface area contributed by atoms with E-state index in [0.29, 0.717) is 24.2 Å². The third-order valence-corrected chi connectivity index (χ3v) is 4.67. The topological polar surface area (TPSA) is 30.5 Å². The van der Waals surface area contributed by atoms with Gasteiger partial charge in [-0.3, -0.25) is 0 Å². The van der Waals surface area contributed by atoms with Gasteiger partial charge in [0, 0.05) is 6.54 Å². The molecule has 1 aliphatic heterocycles. The van der Waals surface area contributed by atoms with E-state index in [4.69, 9.17) is 9.47 Å². The molecule has 2 aromatic rings. The molecule has 1 fully saturated rings. The van der Waals surface area contributed by atoms with E-state index >= 15 is 0 Å². The predicted molar refractivity (Wildman–Crippen MR) is 92.8 cm³/mol. The summed E-state index contributed by atoms with van der Waals surface area (Å²) in [5, 5.41) is 3.10. The van der Waals surface area contributed by atoms with E-state index in [-0.39, 0.29) is 18.2 Å². The van der Waals surface area contributed by atoms with Gasteiger partial charge in [-0.05, 0) is 48.4 Å². The van der Waals surface area contributed by atoms with E-state index in [9.17, 15) is 30.7 Å². The van der Waals surface area contributed by atoms with Crippen LogP contribution in [0.5, 0.6) is 0 Å². The quantitative estimate of drug-likeness (QED) is 0.630. The maximum atomic E-state index is 13.2. The molecule has 2 unspecified atom stereocenters. The van der Waals surface area contributed by atoms with Crippen molar-refractivity contribution in [3.8, 4) is 0 Å². The van der Waals surface area contributed by atoms with E-state index in [1.54, 1.807) is 0 Å². The first kappa shape index (κ1) is 22.5. The highest BCUT2D eigenvalue weighted by Gasteiger charge is 2.38. The first-order chi connectivity index (χ1) is 13.9. The lowest BCUT2D eigenvalue weighted by molar-refractivity contribution is -0.200. The minimum absolute atomic E-state index is 0.0657. The molecule has 0 spiro atoms. The summed E-state index contributed by atoms with van der Waals surface area (Å²) in [4.78, 5) is 0. The molecule has 0 radical (unpaired) electrons. The molecular weight excluding hydrogens is 419 g/mol. The van der Waals surface area contributed by atoms with Crippen LogP contribution in [0.25, 0.3) is 0 Å². The van der Waals surface area contributed by atoms with Crippen molar-refractivity contribution in [2.75, 3.05) is 13.2 Å². The van der Waals surface area contributed by atoms with Crippen LogP contribution in [0.3, 0.4) is 0 Å². The van der Waals surface area contributed by atoms with Crippen LogP contribution >= 0.6 is 0 Å². The molecule has 0 saturated carbocycles. The van der Waals surface area contributed by atoms with Crippen LogP contribution in [0, 0.1) is 5.82 Å². The average molecular weight is 437 g/mol. The van der Waals surface area contributed by atoms with Crippen molar-refractivity contribution in [1.82, 2.24) is 5.32 Å². The molecule has 0 amide bonds. The number of morpholine rings is 1. The normalized spacial score (nSPS) is 21.5. The van der Waals surface area contributed by atoms with Gasteiger partial charge in [-0.1, -0.05) is 12.1 Å². The molecule has 2 aromatic carbocycles. The van der Waals surface area contributed by atoms with E-state index in [1.165, 1.54) is 31.2 Å². The van der Waals surface area contributed by atoms with Gasteiger partial charge in [0.1, 0.15) is 5.82 Å². The first-order valence-electron chi connectivity index (χ1n) is 9.00. The van der Waals surface area contributed by atoms with E-state index in [1.807, 2.05) is 0 Å². The molecule has 0 aliphatic carbocycles. The maximum Gasteiger partial charge on any atom is 0.416 e. The number of halogens is 7. The summed E-state index contributed by atoms with van der Waals surface area (Å²) in [6.07, 6.45) is -12.0. The zero-order valence-electron chi connectivity index (χ0n) is 15.6. The van der Waals surface area contributed by atoms with Gasteiger partial charge in [-0.25, -0.2) is 4.39 Å². The van der Waals surface area contributed by atoms with Gasteiger partial charge in [0.2, 0.25) is 0 Å². The molecule has 0 bridgehead atoms. The Labute approximate surface area is 167 Å². The average Bonchev–Trinajstić information content (AvgIpc) is 2.67. The van der Waals surface area contributed by atoms with Gasteiger partial charge in [0.05, 0.1) is 29.9 Å². The molecule has 3 atom stereocenters. The number of hydrogen-bond donors (Lipinski definition) is 1. The Kier molecular flexibility index (Phi) is 6.40. The number of benzene rings is 2. The number of alkyl halides is 6. The molecule has 1 saturated heterocycles. The summed E-state index contributed by atoms with van der Waals surface area (Å²) in [5.41, 5.74) is -2.52. The summed E-state index contributed by atoms with van der Waals surface area (Å²) in [7, 11) is 0. The third kappa shape index (κ3) is 5.30. The smallest absolute Gasteiger partial charge is 0.349 e. The van der Waals surface area contributed by atoms with E-state index < -0.39 is 47.7 Å². The largest absolute Gasteiger partial charge is 0.416 e. The summed E-state index contributed by atoms with van der Waals surface area (Å²) in [5.74, 6) is -0.454. The molecule has 3 rings (SSSR count). The molecule has 10 heteroatoms. The van der Waals surface area contributed by atoms with Gasteiger partial charge in [0.25, 0.3) is 0 Å². The molecule has 0 aromatic heterocycles. The van der Waals surface area contributed by atoms with Crippen LogP contribution in [-0.4, -0.2) is 19.4 Å². The highest BCUT2D eigenvalue weighted by Crippen LogP contribution is 2.38. The van der Waals surface area contributed by atoms with Crippen molar-refractivity contribution in [3.05, 3.63) is 70.5 Å². The van der Waals surface area contributed by atoms with Crippen molar-refractivity contribution in [2.45, 2.75) is 37.7 Å². The Balaban J connectivity index is 1.88. The zero-order chi connectivity index (χ0) is 22.1. The predicted octanol–water partition coefficient (Wildman–Crippen LogP) is 5.63. The minimum atomic E-state index is -4.95. The van der Waals surface area contributed by atoms with Crippen LogP contribution in [0.15, 0.2) is 42.5 Å². The second-order valence-corrected chi connectivity index (χ2v) is 6.84. The minimum Gasteiger partial charge on any atom is -0.349 e. The van der Waals surface area contributed by atoms with Gasteiger partial charge in [-0.2, -0.15) is 26.3 Å². The van der Waals surface area contributed by atoms with Crippen molar-refractivity contribution >= 4 is 0 Å². The molecule has 1 aliphatic rings. The Hall–Kier alpha value is -2.17. The molecule has 3 nitrogen and oxygen atoms in total. The fourth-order valence-electron chi connectivity index (χ4n) is 3.14. The fourth-order valence-corrected chi connectivity index (χ4v) is 3.14. The van der Waals surface area contributed by atoms with Crippen molar-refractivity contribution < 1.29 is 40.2 Å². The van der Waals surface area contributed by atoms with Gasteiger partial charge in [0.15, 0.2) is 6.29 Å². The Morgan fingerprint density at radius 2 is 1.53 bits per heavy atom. The van der Waals surface area contributed by atoms with Gasteiger partial charge >= 0.3 is 12.4 Å². The Morgan fingerprint density at radius 3 is 2.07 bits per heavy atom. The van der Waals surface area contributed by atoms with E-state index in [2.05, 4.69) is 5.32 Å². The summed E-state index contributed by atoms with van der Waals surface area (Å²) in [6.45, 7) is 2.01. The molecule has 1 heterocycles. The van der Waals surface area contributed by atoms with Crippen LogP contribution in [0.1, 0.15) is 41.3 Å². The Bertz CT molecular complexity index is 833. The van der Waals surface area contributed by atoms with Crippen molar-refractivity contribution in [2.24, 2.45) is 0 Å². The zero-order valence-corrected chi connectivity index (χ0v) is 15.6. The van der Waals surface area contributed by atoms with Crippen molar-refractivity contribution in [1.29, 1.82) is 0 Å². The third-order valence-electron chi connectivity index (χ3n) is 4.67. The first-order valence-corrected chi connectivity index (χ1v) is 9.00. The number of ether oxygens (including phenoxy) is 2. The SMILES string of the molecule is CC(O[C@H]1OCCNC1c1ccc(F)cc1)c1cc(C(F)(F)F)cc(C(F)(F)F)c1. The molecule has 164 valence electrons. The summed E-state index contributed by atoms with van der Waals surface area (Å²) in [6, 6.07) is 6.20. The van der Waals surface area contributed by atoms with Crippen LogP contribution in [0.2, 0.25) is 0 Å². The highest BCUT2D eigenvalue weighted by molar-refractivity contribution is 5.34. The lowest BCUT2D eigenvalue weighted by Gasteiger charge is -2.34. The Morgan fingerprint density at radius 1 is 0.967 bits per heavy atom. The van der Waals surface area contributed by atoms with Crippen LogP contribution in [0.4, 0.5) is 30.7 Å². The van der Waals surface area contributed by atoms with Crippen molar-refractivity contribution in [3.63, 3.8) is 0 Å². The van der Waals surface area contributed by atoms with Crippen LogP contribution < -0.4 is 5.32 Å². The summed E-state index contributed by atoms with van der Waals surface area (Å²) < 4.78 is 103. The standard InChI is InChI=1S/C20H18F7NO2/c1-11(13-8-14(19(22,23)24)10-15(9-13)20(25,26)27)30-18-17(28-6-7-29-18)12-2-4-16(21)5-3-12/h2-5,8-11,17-18,28H,6-7H2,1H3/t11?,17?,18-/m1/s1. The van der Waals surface area contributed by atoms with Crippen LogP contribution in [-0.2, 0) is 21.8 Å². The highest BCUT2D eigenvalue weighted by atomic mass is 19.4. The van der Waals surface area contributed by atoms with E-state index in [0.717, 1.165) is 0 Å². The number of nitrogens with one attached hydrogen (secondary N) is 1. The number of rotatable bonds is 4. The van der Waals surface area contributed by atoms with Gasteiger partial charge < -0.3 is 14.8 Å². The summed E-state index contributed by atoms with van der Waals surface area (Å²) >= 11 is 0. The molecule has 1 N–H and O–H groups in total. The lowest BCUT2D eigenvalue weighted by Crippen LogP contribution is -2.43. The monoisotopic (exact) mass is 437 g/mol. The molecular formula is C20H18F7NO2. The maximum absolute atomic E-state index is 13.2. The second-order valence-electron chi connectivity index (χ2n) is 6.84. The lowest BCUT2D eigenvalue weighted by atomic mass is 10.0.